The molecule has 0 aliphatic heterocycles. The highest BCUT2D eigenvalue weighted by molar-refractivity contribution is 4.47. The molecule has 59 heavy (non-hydrogen) atoms. The van der Waals surface area contributed by atoms with Gasteiger partial charge >= 0.3 is 0 Å². The van der Waals surface area contributed by atoms with E-state index in [0.29, 0.717) is 225 Å². The molecular weight excluding hydrogens is 786 g/mol. The van der Waals surface area contributed by atoms with Gasteiger partial charge in [-0.15, -0.1) is 0 Å². The highest BCUT2D eigenvalue weighted by Crippen LogP contribution is 1.88. The fraction of sp³-hybridized carbons (Fsp3) is 1.00. The van der Waals surface area contributed by atoms with Gasteiger partial charge in [0, 0.05) is 36.0 Å². The molecule has 0 aromatic rings. The lowest BCUT2D eigenvalue weighted by Crippen LogP contribution is -2.25. The maximum Gasteiger partial charge on any atom is 0.0701 e. The van der Waals surface area contributed by atoms with Crippen molar-refractivity contribution >= 4 is 0 Å². The van der Waals surface area contributed by atoms with E-state index in [1.165, 1.54) is 0 Å². The number of hydrogen-bond acceptors (Lipinski definition) is 19. The van der Waals surface area contributed by atoms with Gasteiger partial charge in [-0.05, 0) is 11.1 Å². The smallest absolute Gasteiger partial charge is 0.0701 e. The summed E-state index contributed by atoms with van der Waals surface area (Å²) in [6.45, 7) is 17.9. The molecule has 0 unspecified atom stereocenters. The van der Waals surface area contributed by atoms with Crippen molar-refractivity contribution in [2.75, 3.05) is 238 Å². The zero-order valence-electron chi connectivity index (χ0n) is 35.2. The van der Waals surface area contributed by atoms with Crippen molar-refractivity contribution in [2.45, 2.75) is 0 Å². The van der Waals surface area contributed by atoms with E-state index in [1.54, 1.807) is 0 Å². The van der Waals surface area contributed by atoms with Crippen LogP contribution in [0.2, 0.25) is 0 Å². The number of rotatable bonds is 54. The van der Waals surface area contributed by atoms with Gasteiger partial charge in [-0.25, -0.2) is 0 Å². The number of ether oxygens (including phenoxy) is 16. The van der Waals surface area contributed by atoms with Crippen LogP contribution >= 0.6 is 0 Å². The molecule has 0 atom stereocenters. The number of hydrogen-bond donors (Lipinski definition) is 1. The molecule has 23 heteroatoms. The van der Waals surface area contributed by atoms with Crippen LogP contribution in [-0.2, 0) is 75.8 Å². The Hall–Kier alpha value is -2.06. The highest BCUT2D eigenvalue weighted by atomic mass is 16.6. The predicted molar refractivity (Wildman–Crippen MR) is 214 cm³/mol. The third-order valence-corrected chi connectivity index (χ3v) is 6.85. The van der Waals surface area contributed by atoms with Crippen molar-refractivity contribution < 1.29 is 75.8 Å². The van der Waals surface area contributed by atoms with Crippen molar-refractivity contribution in [3.63, 3.8) is 0 Å². The second-order valence-corrected chi connectivity index (χ2v) is 11.5. The molecule has 0 radical (unpaired) electrons. The van der Waals surface area contributed by atoms with Crippen molar-refractivity contribution in [3.05, 3.63) is 20.9 Å². The molecule has 0 rings (SSSR count). The molecule has 348 valence electrons. The lowest BCUT2D eigenvalue weighted by Gasteiger charge is -2.09. The topological polar surface area (TPSA) is 257 Å². The number of nitrogens with one attached hydrogen (secondary N) is 1. The van der Waals surface area contributed by atoms with Gasteiger partial charge < -0.3 is 81.1 Å². The van der Waals surface area contributed by atoms with E-state index in [-0.39, 0.29) is 0 Å². The van der Waals surface area contributed by atoms with E-state index in [1.807, 2.05) is 0 Å². The number of nitrogens with zero attached hydrogens (tertiary/aromatic N) is 6. The summed E-state index contributed by atoms with van der Waals surface area (Å²) in [6, 6.07) is 0. The zero-order chi connectivity index (χ0) is 42.3. The van der Waals surface area contributed by atoms with Crippen LogP contribution in [0.4, 0.5) is 0 Å². The Morgan fingerprint density at radius 1 is 0.237 bits per heavy atom. The van der Waals surface area contributed by atoms with E-state index in [2.05, 4.69) is 25.4 Å². The molecule has 0 aliphatic carbocycles. The van der Waals surface area contributed by atoms with Crippen LogP contribution in [0.15, 0.2) is 10.2 Å². The Bertz CT molecular complexity index is 832. The molecule has 0 aromatic carbocycles. The van der Waals surface area contributed by atoms with Crippen molar-refractivity contribution in [2.24, 2.45) is 10.2 Å². The van der Waals surface area contributed by atoms with Crippen molar-refractivity contribution in [1.82, 2.24) is 5.32 Å². The SMILES string of the molecule is [N-]=[N+]=NCCOCCOCCOCCOCCOCCOCCOCCOCCNCCOCCOCCOCCOCCOCCOCCOCCOCCN=[N+]=[N-]. The first kappa shape index (κ1) is 56.9. The molecule has 23 nitrogen and oxygen atoms in total. The summed E-state index contributed by atoms with van der Waals surface area (Å²) in [5, 5.41) is 10.0. The Balaban J connectivity index is 3.07. The quantitative estimate of drug-likeness (QED) is 0.0393. The summed E-state index contributed by atoms with van der Waals surface area (Å²) in [7, 11) is 0. The Morgan fingerprint density at radius 2 is 0.390 bits per heavy atom. The van der Waals surface area contributed by atoms with E-state index in [9.17, 15) is 0 Å². The molecular formula is C36H73N7O16. The monoisotopic (exact) mass is 860 g/mol. The van der Waals surface area contributed by atoms with E-state index >= 15 is 0 Å². The summed E-state index contributed by atoms with van der Waals surface area (Å²) in [5.41, 5.74) is 16.3. The summed E-state index contributed by atoms with van der Waals surface area (Å²) in [4.78, 5) is 5.29. The Morgan fingerprint density at radius 3 is 0.559 bits per heavy atom. The molecule has 0 bridgehead atoms. The zero-order valence-corrected chi connectivity index (χ0v) is 35.2. The first-order valence-corrected chi connectivity index (χ1v) is 20.4. The van der Waals surface area contributed by atoms with Crippen molar-refractivity contribution in [1.29, 1.82) is 0 Å². The van der Waals surface area contributed by atoms with E-state index in [4.69, 9.17) is 86.9 Å². The maximum absolute atomic E-state index is 8.15. The Labute approximate surface area is 349 Å². The maximum atomic E-state index is 8.15. The summed E-state index contributed by atoms with van der Waals surface area (Å²) in [5.74, 6) is 0. The molecule has 0 aliphatic rings. The fourth-order valence-corrected chi connectivity index (χ4v) is 4.00. The first-order valence-electron chi connectivity index (χ1n) is 20.4. The van der Waals surface area contributed by atoms with Crippen LogP contribution in [0.3, 0.4) is 0 Å². The minimum absolute atomic E-state index is 0.323. The molecule has 0 saturated heterocycles. The van der Waals surface area contributed by atoms with Crippen LogP contribution in [0.5, 0.6) is 0 Å². The van der Waals surface area contributed by atoms with Crippen LogP contribution < -0.4 is 5.32 Å². The summed E-state index contributed by atoms with van der Waals surface area (Å²) < 4.78 is 87.0. The normalized spacial score (nSPS) is 11.3. The predicted octanol–water partition coefficient (Wildman–Crippen LogP) is 1.46. The van der Waals surface area contributed by atoms with Gasteiger partial charge in [0.05, 0.1) is 211 Å². The molecule has 0 amide bonds. The minimum Gasteiger partial charge on any atom is -0.379 e. The molecule has 0 fully saturated rings. The van der Waals surface area contributed by atoms with Crippen LogP contribution in [0.25, 0.3) is 20.9 Å². The van der Waals surface area contributed by atoms with Gasteiger partial charge in [0.15, 0.2) is 0 Å². The van der Waals surface area contributed by atoms with Crippen molar-refractivity contribution in [3.8, 4) is 0 Å². The largest absolute Gasteiger partial charge is 0.379 e. The van der Waals surface area contributed by atoms with Crippen LogP contribution in [-0.4, -0.2) is 238 Å². The summed E-state index contributed by atoms with van der Waals surface area (Å²) >= 11 is 0. The van der Waals surface area contributed by atoms with Gasteiger partial charge in [-0.1, -0.05) is 10.2 Å². The van der Waals surface area contributed by atoms with E-state index in [0.717, 1.165) is 13.1 Å². The second-order valence-electron chi connectivity index (χ2n) is 11.5. The molecule has 0 heterocycles. The van der Waals surface area contributed by atoms with Gasteiger partial charge in [0.1, 0.15) is 0 Å². The average molecular weight is 860 g/mol. The summed E-state index contributed by atoms with van der Waals surface area (Å²) in [6.07, 6.45) is 0. The minimum atomic E-state index is 0.323. The lowest BCUT2D eigenvalue weighted by molar-refractivity contribution is -0.0232. The van der Waals surface area contributed by atoms with Gasteiger partial charge in [0.2, 0.25) is 0 Å². The van der Waals surface area contributed by atoms with E-state index < -0.39 is 0 Å². The number of azide groups is 2. The molecule has 0 saturated carbocycles. The first-order chi connectivity index (χ1) is 29.4. The Kier molecular flexibility index (Phi) is 54.0. The van der Waals surface area contributed by atoms with Gasteiger partial charge in [-0.3, -0.25) is 0 Å². The second kappa shape index (κ2) is 55.9. The average Bonchev–Trinajstić information content (AvgIpc) is 3.25. The third kappa shape index (κ3) is 55.9. The van der Waals surface area contributed by atoms with Gasteiger partial charge in [0.25, 0.3) is 0 Å². The van der Waals surface area contributed by atoms with Crippen LogP contribution in [0.1, 0.15) is 0 Å². The molecule has 1 N–H and O–H groups in total. The highest BCUT2D eigenvalue weighted by Gasteiger charge is 1.98. The lowest BCUT2D eigenvalue weighted by atomic mass is 10.6. The molecule has 0 spiro atoms. The third-order valence-electron chi connectivity index (χ3n) is 6.85. The van der Waals surface area contributed by atoms with Crippen LogP contribution in [0, 0.1) is 0 Å². The standard InChI is InChI=1S/C36H73N7O16/c37-42-40-3-7-46-11-15-50-19-23-54-27-31-58-35-33-56-29-25-52-21-17-48-13-9-44-5-1-39-2-6-45-10-14-49-18-22-53-26-30-57-34-36-59-32-28-55-24-20-51-16-12-47-8-4-41-43-38/h39H,1-36H2. The van der Waals surface area contributed by atoms with Gasteiger partial charge in [-0.2, -0.15) is 0 Å². The fourth-order valence-electron chi connectivity index (χ4n) is 4.00. The molecule has 0 aromatic heterocycles.